The third kappa shape index (κ3) is 4.99. The van der Waals surface area contributed by atoms with E-state index in [-0.39, 0.29) is 31.2 Å². The van der Waals surface area contributed by atoms with Crippen LogP contribution in [0.1, 0.15) is 41.6 Å². The minimum absolute atomic E-state index is 0.0946. The Morgan fingerprint density at radius 2 is 1.97 bits per heavy atom. The topological polar surface area (TPSA) is 94.9 Å². The number of ether oxygens (including phenoxy) is 1. The Hall–Kier alpha value is -3.42. The third-order valence-corrected chi connectivity index (χ3v) is 6.11. The second-order valence-electron chi connectivity index (χ2n) is 8.18. The number of aromatic nitrogens is 1. The van der Waals surface area contributed by atoms with E-state index >= 15 is 0 Å². The van der Waals surface area contributed by atoms with Crippen molar-refractivity contribution < 1.29 is 19.7 Å². The fraction of sp³-hybridized carbons (Fsp3) is 0.308. The number of nitrogens with zero attached hydrogens (tertiary/aromatic N) is 2. The molecule has 3 atom stereocenters. The Morgan fingerprint density at radius 3 is 2.64 bits per heavy atom. The summed E-state index contributed by atoms with van der Waals surface area (Å²) in [6, 6.07) is 17.8. The maximum absolute atomic E-state index is 14.1. The summed E-state index contributed by atoms with van der Waals surface area (Å²) in [5.74, 6) is 0.444. The number of aliphatic hydroxyl groups excluding tert-OH is 2. The molecular weight excluding hydrogens is 418 g/mol. The molecule has 0 radical (unpaired) electrons. The SMILES string of the molecule is COc1cc(CO)cc(NC(C(=O)N2C(CO)CCC2c2ccccc2)c2cccnc2)c1. The second kappa shape index (κ2) is 10.5. The van der Waals surface area contributed by atoms with Gasteiger partial charge in [-0.05, 0) is 42.2 Å². The molecule has 0 saturated carbocycles. The lowest BCUT2D eigenvalue weighted by molar-refractivity contribution is -0.136. The minimum atomic E-state index is -0.726. The van der Waals surface area contributed by atoms with Crippen LogP contribution in [0.25, 0.3) is 0 Å². The van der Waals surface area contributed by atoms with Gasteiger partial charge in [-0.15, -0.1) is 0 Å². The maximum Gasteiger partial charge on any atom is 0.250 e. The van der Waals surface area contributed by atoms with Gasteiger partial charge in [0.15, 0.2) is 0 Å². The molecule has 1 fully saturated rings. The number of benzene rings is 2. The first-order valence-electron chi connectivity index (χ1n) is 11.1. The summed E-state index contributed by atoms with van der Waals surface area (Å²) in [5.41, 5.74) is 3.09. The smallest absolute Gasteiger partial charge is 0.250 e. The first kappa shape index (κ1) is 22.8. The van der Waals surface area contributed by atoms with Crippen LogP contribution in [0.15, 0.2) is 73.1 Å². The molecule has 0 aliphatic carbocycles. The normalized spacial score (nSPS) is 18.7. The van der Waals surface area contributed by atoms with Gasteiger partial charge in [-0.3, -0.25) is 9.78 Å². The summed E-state index contributed by atoms with van der Waals surface area (Å²) in [6.07, 6.45) is 4.85. The summed E-state index contributed by atoms with van der Waals surface area (Å²) in [6.45, 7) is -0.241. The Bertz CT molecular complexity index is 1040. The van der Waals surface area contributed by atoms with E-state index < -0.39 is 6.04 Å². The van der Waals surface area contributed by atoms with Crippen molar-refractivity contribution in [3.63, 3.8) is 0 Å². The Morgan fingerprint density at radius 1 is 1.15 bits per heavy atom. The number of carbonyl (C=O) groups is 1. The number of nitrogens with one attached hydrogen (secondary N) is 1. The lowest BCUT2D eigenvalue weighted by Gasteiger charge is -2.34. The molecule has 7 heteroatoms. The van der Waals surface area contributed by atoms with Crippen molar-refractivity contribution in [3.8, 4) is 5.75 Å². The van der Waals surface area contributed by atoms with Gasteiger partial charge in [0.1, 0.15) is 11.8 Å². The third-order valence-electron chi connectivity index (χ3n) is 6.11. The molecule has 0 spiro atoms. The van der Waals surface area contributed by atoms with Crippen molar-refractivity contribution >= 4 is 11.6 Å². The highest BCUT2D eigenvalue weighted by Crippen LogP contribution is 2.38. The Labute approximate surface area is 193 Å². The number of amides is 1. The zero-order chi connectivity index (χ0) is 23.2. The number of rotatable bonds is 8. The van der Waals surface area contributed by atoms with E-state index in [1.807, 2.05) is 41.3 Å². The van der Waals surface area contributed by atoms with Gasteiger partial charge >= 0.3 is 0 Å². The van der Waals surface area contributed by atoms with Gasteiger partial charge in [0, 0.05) is 29.7 Å². The van der Waals surface area contributed by atoms with Crippen molar-refractivity contribution in [2.24, 2.45) is 0 Å². The van der Waals surface area contributed by atoms with Gasteiger partial charge in [-0.2, -0.15) is 0 Å². The minimum Gasteiger partial charge on any atom is -0.497 e. The summed E-state index contributed by atoms with van der Waals surface area (Å²) < 4.78 is 5.36. The number of methoxy groups -OCH3 is 1. The average Bonchev–Trinajstić information content (AvgIpc) is 3.32. The van der Waals surface area contributed by atoms with Gasteiger partial charge in [-0.1, -0.05) is 36.4 Å². The van der Waals surface area contributed by atoms with E-state index in [9.17, 15) is 15.0 Å². The van der Waals surface area contributed by atoms with Crippen LogP contribution in [0.2, 0.25) is 0 Å². The second-order valence-corrected chi connectivity index (χ2v) is 8.18. The van der Waals surface area contributed by atoms with Crippen molar-refractivity contribution in [2.45, 2.75) is 37.6 Å². The van der Waals surface area contributed by atoms with Crippen LogP contribution in [0.5, 0.6) is 5.75 Å². The molecule has 1 aromatic heterocycles. The zero-order valence-corrected chi connectivity index (χ0v) is 18.6. The Balaban J connectivity index is 1.72. The molecule has 4 rings (SSSR count). The van der Waals surface area contributed by atoms with Gasteiger partial charge < -0.3 is 25.2 Å². The summed E-state index contributed by atoms with van der Waals surface area (Å²) in [4.78, 5) is 20.1. The highest BCUT2D eigenvalue weighted by molar-refractivity contribution is 5.87. The maximum atomic E-state index is 14.1. The predicted molar refractivity (Wildman–Crippen MR) is 126 cm³/mol. The van der Waals surface area contributed by atoms with E-state index in [0.717, 1.165) is 18.4 Å². The molecule has 33 heavy (non-hydrogen) atoms. The molecule has 3 aromatic rings. The van der Waals surface area contributed by atoms with Gasteiger partial charge in [-0.25, -0.2) is 0 Å². The number of aliphatic hydroxyl groups is 2. The van der Waals surface area contributed by atoms with E-state index in [2.05, 4.69) is 10.3 Å². The van der Waals surface area contributed by atoms with Crippen LogP contribution in [0.4, 0.5) is 5.69 Å². The standard InChI is InChI=1S/C26H29N3O4/c1-33-23-13-18(16-30)12-21(14-23)28-25(20-8-5-11-27-15-20)26(32)29-22(17-31)9-10-24(29)19-6-3-2-4-7-19/h2-8,11-15,22,24-25,28,30-31H,9-10,16-17H2,1H3. The van der Waals surface area contributed by atoms with E-state index in [4.69, 9.17) is 4.74 Å². The summed E-state index contributed by atoms with van der Waals surface area (Å²) in [7, 11) is 1.56. The molecule has 3 unspecified atom stereocenters. The van der Waals surface area contributed by atoms with Gasteiger partial charge in [0.25, 0.3) is 5.91 Å². The molecule has 1 aliphatic heterocycles. The largest absolute Gasteiger partial charge is 0.497 e. The molecule has 172 valence electrons. The van der Waals surface area contributed by atoms with Crippen molar-refractivity contribution in [3.05, 3.63) is 89.7 Å². The molecule has 3 N–H and O–H groups in total. The molecule has 7 nitrogen and oxygen atoms in total. The van der Waals surface area contributed by atoms with Crippen LogP contribution in [0, 0.1) is 0 Å². The average molecular weight is 448 g/mol. The van der Waals surface area contributed by atoms with E-state index in [1.54, 1.807) is 43.8 Å². The highest BCUT2D eigenvalue weighted by atomic mass is 16.5. The lowest BCUT2D eigenvalue weighted by atomic mass is 10.0. The monoisotopic (exact) mass is 447 g/mol. The summed E-state index contributed by atoms with van der Waals surface area (Å²) >= 11 is 0. The number of hydrogen-bond acceptors (Lipinski definition) is 6. The van der Waals surface area contributed by atoms with Crippen LogP contribution in [0.3, 0.4) is 0 Å². The van der Waals surface area contributed by atoms with Crippen LogP contribution < -0.4 is 10.1 Å². The molecule has 1 amide bonds. The molecule has 0 bridgehead atoms. The molecule has 1 saturated heterocycles. The van der Waals surface area contributed by atoms with Crippen LogP contribution >= 0.6 is 0 Å². The van der Waals surface area contributed by atoms with Gasteiger partial charge in [0.2, 0.25) is 0 Å². The quantitative estimate of drug-likeness (QED) is 0.490. The first-order valence-corrected chi connectivity index (χ1v) is 11.1. The fourth-order valence-electron chi connectivity index (χ4n) is 4.50. The number of hydrogen-bond donors (Lipinski definition) is 3. The molecule has 1 aliphatic rings. The summed E-state index contributed by atoms with van der Waals surface area (Å²) in [5, 5.41) is 23.0. The highest BCUT2D eigenvalue weighted by Gasteiger charge is 2.40. The van der Waals surface area contributed by atoms with Crippen molar-refractivity contribution in [1.29, 1.82) is 0 Å². The predicted octanol–water partition coefficient (Wildman–Crippen LogP) is 3.46. The lowest BCUT2D eigenvalue weighted by Crippen LogP contribution is -2.43. The first-order chi connectivity index (χ1) is 16.1. The Kier molecular flexibility index (Phi) is 7.22. The molecule has 2 aromatic carbocycles. The zero-order valence-electron chi connectivity index (χ0n) is 18.6. The molecule has 2 heterocycles. The number of anilines is 1. The molecular formula is C26H29N3O4. The van der Waals surface area contributed by atoms with Crippen LogP contribution in [-0.4, -0.2) is 45.8 Å². The number of likely N-dealkylation sites (tertiary alicyclic amines) is 1. The van der Waals surface area contributed by atoms with Crippen molar-refractivity contribution in [2.75, 3.05) is 19.0 Å². The van der Waals surface area contributed by atoms with E-state index in [1.165, 1.54) is 0 Å². The fourth-order valence-corrected chi connectivity index (χ4v) is 4.50. The number of pyridine rings is 1. The van der Waals surface area contributed by atoms with Crippen LogP contribution in [-0.2, 0) is 11.4 Å². The van der Waals surface area contributed by atoms with E-state index in [0.29, 0.717) is 22.6 Å². The van der Waals surface area contributed by atoms with Crippen molar-refractivity contribution in [1.82, 2.24) is 9.88 Å². The number of carbonyl (C=O) groups excluding carboxylic acids is 1. The van der Waals surface area contributed by atoms with Gasteiger partial charge in [0.05, 0.1) is 32.4 Å².